The number of phenols is 1. The van der Waals surface area contributed by atoms with Crippen LogP contribution in [-0.2, 0) is 9.53 Å². The molecule has 0 radical (unpaired) electrons. The zero-order chi connectivity index (χ0) is 17.7. The highest BCUT2D eigenvalue weighted by atomic mass is 16.5. The molecule has 1 saturated carbocycles. The van der Waals surface area contributed by atoms with Crippen molar-refractivity contribution in [2.45, 2.75) is 50.7 Å². The number of carbonyl (C=O) groups excluding carboxylic acids is 2. The number of phenolic OH excluding ortho intramolecular Hbond substituents is 1. The van der Waals surface area contributed by atoms with Gasteiger partial charge in [-0.15, -0.1) is 0 Å². The molecule has 24 heavy (non-hydrogen) atoms. The normalized spacial score (nSPS) is 17.4. The lowest BCUT2D eigenvalue weighted by atomic mass is 9.81. The van der Waals surface area contributed by atoms with Gasteiger partial charge in [-0.05, 0) is 38.0 Å². The second-order valence-electron chi connectivity index (χ2n) is 6.20. The van der Waals surface area contributed by atoms with Crippen LogP contribution in [0.2, 0.25) is 0 Å². The van der Waals surface area contributed by atoms with Gasteiger partial charge in [0.25, 0.3) is 5.91 Å². The van der Waals surface area contributed by atoms with Gasteiger partial charge < -0.3 is 14.7 Å². The predicted octanol–water partition coefficient (Wildman–Crippen LogP) is 2.62. The van der Waals surface area contributed by atoms with E-state index < -0.39 is 23.5 Å². The van der Waals surface area contributed by atoms with Crippen LogP contribution in [-0.4, -0.2) is 40.6 Å². The van der Waals surface area contributed by atoms with E-state index in [-0.39, 0.29) is 11.3 Å². The van der Waals surface area contributed by atoms with Gasteiger partial charge in [0.05, 0.1) is 11.6 Å². The molecule has 1 fully saturated rings. The Hall–Kier alpha value is -2.55. The summed E-state index contributed by atoms with van der Waals surface area (Å²) in [5.74, 6) is -1.13. The number of ether oxygens (including phenoxy) is 1. The standard InChI is InChI=1S/C18H22N2O4/c1-13(24-17(23)14-7-6-8-15(21)11-14)16(22)20(2)18(12-19)9-4-3-5-10-18/h6-8,11,13,21H,3-5,9-10H2,1-2H3. The minimum atomic E-state index is -1.00. The average Bonchev–Trinajstić information content (AvgIpc) is 2.60. The summed E-state index contributed by atoms with van der Waals surface area (Å²) in [4.78, 5) is 26.1. The minimum absolute atomic E-state index is 0.0498. The molecule has 6 nitrogen and oxygen atoms in total. The van der Waals surface area contributed by atoms with Crippen LogP contribution in [0.4, 0.5) is 0 Å². The fourth-order valence-electron chi connectivity index (χ4n) is 3.05. The van der Waals surface area contributed by atoms with E-state index in [9.17, 15) is 20.0 Å². The van der Waals surface area contributed by atoms with Crippen molar-refractivity contribution in [1.82, 2.24) is 4.90 Å². The number of nitriles is 1. The van der Waals surface area contributed by atoms with Crippen LogP contribution in [0.15, 0.2) is 24.3 Å². The fraction of sp³-hybridized carbons (Fsp3) is 0.500. The molecule has 1 unspecified atom stereocenters. The Labute approximate surface area is 141 Å². The number of rotatable bonds is 4. The van der Waals surface area contributed by atoms with E-state index in [0.717, 1.165) is 19.3 Å². The fourth-order valence-corrected chi connectivity index (χ4v) is 3.05. The first-order chi connectivity index (χ1) is 11.4. The maximum Gasteiger partial charge on any atom is 0.339 e. The first-order valence-electron chi connectivity index (χ1n) is 8.08. The minimum Gasteiger partial charge on any atom is -0.508 e. The van der Waals surface area contributed by atoms with Crippen molar-refractivity contribution in [3.8, 4) is 11.8 Å². The number of hydrogen-bond donors (Lipinski definition) is 1. The lowest BCUT2D eigenvalue weighted by Gasteiger charge is -2.39. The Morgan fingerprint density at radius 2 is 2.00 bits per heavy atom. The Bertz CT molecular complexity index is 659. The van der Waals surface area contributed by atoms with Gasteiger partial charge in [-0.2, -0.15) is 5.26 Å². The maximum atomic E-state index is 12.6. The van der Waals surface area contributed by atoms with Gasteiger partial charge in [0.15, 0.2) is 6.10 Å². The highest BCUT2D eigenvalue weighted by Gasteiger charge is 2.40. The van der Waals surface area contributed by atoms with Gasteiger partial charge in [0, 0.05) is 7.05 Å². The maximum absolute atomic E-state index is 12.6. The highest BCUT2D eigenvalue weighted by Crippen LogP contribution is 2.33. The van der Waals surface area contributed by atoms with Crippen molar-refractivity contribution >= 4 is 11.9 Å². The average molecular weight is 330 g/mol. The molecule has 0 heterocycles. The van der Waals surface area contributed by atoms with Crippen molar-refractivity contribution < 1.29 is 19.4 Å². The van der Waals surface area contributed by atoms with Crippen LogP contribution in [0.25, 0.3) is 0 Å². The van der Waals surface area contributed by atoms with Gasteiger partial charge in [0.2, 0.25) is 0 Å². The largest absolute Gasteiger partial charge is 0.508 e. The second-order valence-corrected chi connectivity index (χ2v) is 6.20. The number of amides is 1. The van der Waals surface area contributed by atoms with E-state index in [1.807, 2.05) is 0 Å². The summed E-state index contributed by atoms with van der Waals surface area (Å²) >= 11 is 0. The molecule has 0 aliphatic heterocycles. The van der Waals surface area contributed by atoms with E-state index >= 15 is 0 Å². The zero-order valence-corrected chi connectivity index (χ0v) is 14.0. The van der Waals surface area contributed by atoms with E-state index in [0.29, 0.717) is 12.8 Å². The topological polar surface area (TPSA) is 90.6 Å². The summed E-state index contributed by atoms with van der Waals surface area (Å²) in [7, 11) is 1.59. The van der Waals surface area contributed by atoms with Crippen molar-refractivity contribution in [2.75, 3.05) is 7.05 Å². The van der Waals surface area contributed by atoms with Crippen LogP contribution >= 0.6 is 0 Å². The molecule has 1 aromatic carbocycles. The van der Waals surface area contributed by atoms with Crippen molar-refractivity contribution in [3.63, 3.8) is 0 Å². The molecule has 1 aromatic rings. The van der Waals surface area contributed by atoms with Gasteiger partial charge in [-0.3, -0.25) is 4.79 Å². The van der Waals surface area contributed by atoms with Crippen LogP contribution in [0.3, 0.4) is 0 Å². The quantitative estimate of drug-likeness (QED) is 0.857. The molecular formula is C18H22N2O4. The van der Waals surface area contributed by atoms with Crippen molar-refractivity contribution in [1.29, 1.82) is 5.26 Å². The summed E-state index contributed by atoms with van der Waals surface area (Å²) in [6.07, 6.45) is 3.15. The summed E-state index contributed by atoms with van der Waals surface area (Å²) in [6, 6.07) is 8.03. The molecule has 1 aliphatic carbocycles. The number of likely N-dealkylation sites (N-methyl/N-ethyl adjacent to an activating group) is 1. The summed E-state index contributed by atoms with van der Waals surface area (Å²) in [5, 5.41) is 19.0. The van der Waals surface area contributed by atoms with E-state index in [1.165, 1.54) is 36.1 Å². The Morgan fingerprint density at radius 1 is 1.33 bits per heavy atom. The van der Waals surface area contributed by atoms with Crippen molar-refractivity contribution in [3.05, 3.63) is 29.8 Å². The van der Waals surface area contributed by atoms with Gasteiger partial charge in [0.1, 0.15) is 11.3 Å². The molecule has 1 atom stereocenters. The smallest absolute Gasteiger partial charge is 0.339 e. The SMILES string of the molecule is CC(OC(=O)c1cccc(O)c1)C(=O)N(C)C1(C#N)CCCCC1. The van der Waals surface area contributed by atoms with E-state index in [2.05, 4.69) is 6.07 Å². The second kappa shape index (κ2) is 7.35. The molecule has 0 spiro atoms. The molecule has 2 rings (SSSR count). The summed E-state index contributed by atoms with van der Waals surface area (Å²) < 4.78 is 5.20. The lowest BCUT2D eigenvalue weighted by molar-refractivity contribution is -0.143. The summed E-state index contributed by atoms with van der Waals surface area (Å²) in [5.41, 5.74) is -0.647. The Balaban J connectivity index is 2.06. The predicted molar refractivity (Wildman–Crippen MR) is 87.2 cm³/mol. The third-order valence-corrected chi connectivity index (χ3v) is 4.57. The lowest BCUT2D eigenvalue weighted by Crippen LogP contribution is -2.53. The number of carbonyl (C=O) groups is 2. The molecule has 1 amide bonds. The number of hydrogen-bond acceptors (Lipinski definition) is 5. The van der Waals surface area contributed by atoms with Crippen LogP contribution in [0, 0.1) is 11.3 Å². The number of aromatic hydroxyl groups is 1. The monoisotopic (exact) mass is 330 g/mol. The first kappa shape index (κ1) is 17.8. The number of nitrogens with zero attached hydrogens (tertiary/aromatic N) is 2. The van der Waals surface area contributed by atoms with E-state index in [4.69, 9.17) is 4.74 Å². The third-order valence-electron chi connectivity index (χ3n) is 4.57. The van der Waals surface area contributed by atoms with Crippen LogP contribution < -0.4 is 0 Å². The molecule has 0 saturated heterocycles. The Kier molecular flexibility index (Phi) is 5.45. The van der Waals surface area contributed by atoms with Crippen LogP contribution in [0.5, 0.6) is 5.75 Å². The first-order valence-corrected chi connectivity index (χ1v) is 8.08. The molecule has 0 aromatic heterocycles. The number of benzene rings is 1. The molecule has 128 valence electrons. The molecule has 0 bridgehead atoms. The third kappa shape index (κ3) is 3.67. The highest BCUT2D eigenvalue weighted by molar-refractivity contribution is 5.92. The Morgan fingerprint density at radius 3 is 2.58 bits per heavy atom. The van der Waals surface area contributed by atoms with Crippen molar-refractivity contribution in [2.24, 2.45) is 0 Å². The number of esters is 1. The molecule has 6 heteroatoms. The van der Waals surface area contributed by atoms with Gasteiger partial charge in [-0.25, -0.2) is 4.79 Å². The molecule has 1 aliphatic rings. The van der Waals surface area contributed by atoms with E-state index in [1.54, 1.807) is 7.05 Å². The molecular weight excluding hydrogens is 308 g/mol. The van der Waals surface area contributed by atoms with Crippen LogP contribution in [0.1, 0.15) is 49.4 Å². The summed E-state index contributed by atoms with van der Waals surface area (Å²) in [6.45, 7) is 1.49. The van der Waals surface area contributed by atoms with Gasteiger partial charge >= 0.3 is 5.97 Å². The zero-order valence-electron chi connectivity index (χ0n) is 14.0. The molecule has 1 N–H and O–H groups in total. The van der Waals surface area contributed by atoms with Gasteiger partial charge in [-0.1, -0.05) is 25.3 Å².